The van der Waals surface area contributed by atoms with Gasteiger partial charge in [-0.3, -0.25) is 9.59 Å². The molecule has 1 atom stereocenters. The molecule has 0 spiro atoms. The highest BCUT2D eigenvalue weighted by molar-refractivity contribution is 7.13. The number of thiazole rings is 1. The van der Waals surface area contributed by atoms with E-state index in [0.29, 0.717) is 29.4 Å². The van der Waals surface area contributed by atoms with Crippen LogP contribution in [0.15, 0.2) is 40.1 Å². The Bertz CT molecular complexity index is 913. The fraction of sp³-hybridized carbons (Fsp3) is 0.278. The van der Waals surface area contributed by atoms with Crippen molar-refractivity contribution >= 4 is 34.1 Å². The lowest BCUT2D eigenvalue weighted by Gasteiger charge is -2.22. The number of nitrogens with one attached hydrogen (secondary N) is 1. The monoisotopic (exact) mass is 355 g/mol. The van der Waals surface area contributed by atoms with E-state index in [2.05, 4.69) is 10.3 Å². The number of fused-ring (bicyclic) bond motifs is 1. The molecule has 128 valence electrons. The minimum Gasteiger partial charge on any atom is -0.454 e. The molecule has 1 aromatic carbocycles. The van der Waals surface area contributed by atoms with Crippen molar-refractivity contribution in [2.45, 2.75) is 18.9 Å². The van der Waals surface area contributed by atoms with Crippen molar-refractivity contribution in [2.75, 3.05) is 13.6 Å². The van der Waals surface area contributed by atoms with Crippen molar-refractivity contribution in [3.63, 3.8) is 0 Å². The number of aromatic nitrogens is 1. The van der Waals surface area contributed by atoms with Crippen LogP contribution in [-0.2, 0) is 4.79 Å². The molecule has 1 fully saturated rings. The highest BCUT2D eigenvalue weighted by atomic mass is 32.1. The summed E-state index contributed by atoms with van der Waals surface area (Å²) in [7, 11) is 1.59. The Kier molecular flexibility index (Phi) is 4.01. The molecular formula is C18H17N3O3S. The van der Waals surface area contributed by atoms with E-state index in [1.54, 1.807) is 17.3 Å². The molecule has 1 saturated heterocycles. The zero-order valence-electron chi connectivity index (χ0n) is 13.7. The number of hydrogen-bond acceptors (Lipinski definition) is 5. The average molecular weight is 355 g/mol. The second-order valence-corrected chi connectivity index (χ2v) is 6.82. The SMILES string of the molecule is CNC(=O)[C@H]1CCCN1C(=O)c1csc(-c2cc3ccccc3o2)n1. The molecular weight excluding hydrogens is 338 g/mol. The minimum absolute atomic E-state index is 0.126. The molecule has 1 N–H and O–H groups in total. The van der Waals surface area contributed by atoms with Gasteiger partial charge in [0, 0.05) is 24.4 Å². The van der Waals surface area contributed by atoms with E-state index in [-0.39, 0.29) is 11.8 Å². The number of carbonyl (C=O) groups is 2. The van der Waals surface area contributed by atoms with Gasteiger partial charge in [0.15, 0.2) is 10.8 Å². The van der Waals surface area contributed by atoms with Crippen LogP contribution in [-0.4, -0.2) is 41.3 Å². The second-order valence-electron chi connectivity index (χ2n) is 5.96. The van der Waals surface area contributed by atoms with Gasteiger partial charge in [0.1, 0.15) is 17.3 Å². The van der Waals surface area contributed by atoms with Gasteiger partial charge in [0.25, 0.3) is 5.91 Å². The van der Waals surface area contributed by atoms with Gasteiger partial charge in [-0.1, -0.05) is 18.2 Å². The van der Waals surface area contributed by atoms with Crippen LogP contribution < -0.4 is 5.32 Å². The second kappa shape index (κ2) is 6.33. The zero-order chi connectivity index (χ0) is 17.4. The molecule has 6 nitrogen and oxygen atoms in total. The molecule has 0 saturated carbocycles. The summed E-state index contributed by atoms with van der Waals surface area (Å²) in [6.07, 6.45) is 1.51. The van der Waals surface area contributed by atoms with Crippen LogP contribution in [0.2, 0.25) is 0 Å². The Balaban J connectivity index is 1.60. The van der Waals surface area contributed by atoms with E-state index in [1.165, 1.54) is 11.3 Å². The van der Waals surface area contributed by atoms with Gasteiger partial charge in [-0.2, -0.15) is 0 Å². The van der Waals surface area contributed by atoms with Gasteiger partial charge in [-0.25, -0.2) is 4.98 Å². The van der Waals surface area contributed by atoms with E-state index in [1.807, 2.05) is 30.3 Å². The van der Waals surface area contributed by atoms with Crippen LogP contribution in [0.1, 0.15) is 23.3 Å². The summed E-state index contributed by atoms with van der Waals surface area (Å²) in [5.41, 5.74) is 1.15. The van der Waals surface area contributed by atoms with Crippen LogP contribution in [0.5, 0.6) is 0 Å². The highest BCUT2D eigenvalue weighted by Crippen LogP contribution is 2.30. The summed E-state index contributed by atoms with van der Waals surface area (Å²) < 4.78 is 5.81. The summed E-state index contributed by atoms with van der Waals surface area (Å²) in [6.45, 7) is 0.578. The molecule has 1 aliphatic heterocycles. The predicted molar refractivity (Wildman–Crippen MR) is 95.4 cm³/mol. The van der Waals surface area contributed by atoms with Gasteiger partial charge in [0.05, 0.1) is 0 Å². The summed E-state index contributed by atoms with van der Waals surface area (Å²) in [6, 6.07) is 9.25. The number of likely N-dealkylation sites (N-methyl/N-ethyl adjacent to an activating group) is 1. The first-order chi connectivity index (χ1) is 12.2. The molecule has 2 aromatic heterocycles. The Morgan fingerprint density at radius 3 is 3.00 bits per heavy atom. The summed E-state index contributed by atoms with van der Waals surface area (Å²) >= 11 is 1.37. The smallest absolute Gasteiger partial charge is 0.274 e. The molecule has 4 rings (SSSR count). The highest BCUT2D eigenvalue weighted by Gasteiger charge is 2.35. The predicted octanol–water partition coefficient (Wildman–Crippen LogP) is 2.91. The average Bonchev–Trinajstić information content (AvgIpc) is 3.38. The Hall–Kier alpha value is -2.67. The number of para-hydroxylation sites is 1. The third-order valence-corrected chi connectivity index (χ3v) is 5.28. The van der Waals surface area contributed by atoms with E-state index in [4.69, 9.17) is 4.42 Å². The minimum atomic E-state index is -0.408. The Labute approximate surface area is 148 Å². The van der Waals surface area contributed by atoms with Crippen molar-refractivity contribution in [1.29, 1.82) is 0 Å². The molecule has 3 heterocycles. The van der Waals surface area contributed by atoms with Crippen molar-refractivity contribution in [3.05, 3.63) is 41.4 Å². The van der Waals surface area contributed by atoms with E-state index >= 15 is 0 Å². The molecule has 25 heavy (non-hydrogen) atoms. The maximum Gasteiger partial charge on any atom is 0.274 e. The Morgan fingerprint density at radius 1 is 1.36 bits per heavy atom. The molecule has 3 aromatic rings. The fourth-order valence-corrected chi connectivity index (χ4v) is 3.91. The number of hydrogen-bond donors (Lipinski definition) is 1. The van der Waals surface area contributed by atoms with Gasteiger partial charge < -0.3 is 14.6 Å². The third kappa shape index (κ3) is 2.80. The van der Waals surface area contributed by atoms with Crippen molar-refractivity contribution < 1.29 is 14.0 Å². The topological polar surface area (TPSA) is 75.4 Å². The van der Waals surface area contributed by atoms with E-state index in [0.717, 1.165) is 17.4 Å². The summed E-state index contributed by atoms with van der Waals surface area (Å²) in [5.74, 6) is 0.317. The normalized spacial score (nSPS) is 17.2. The maximum absolute atomic E-state index is 12.8. The number of amides is 2. The van der Waals surface area contributed by atoms with Crippen LogP contribution in [0.3, 0.4) is 0 Å². The molecule has 0 bridgehead atoms. The van der Waals surface area contributed by atoms with Crippen molar-refractivity contribution in [2.24, 2.45) is 0 Å². The number of carbonyl (C=O) groups excluding carboxylic acids is 2. The number of furan rings is 1. The largest absolute Gasteiger partial charge is 0.454 e. The van der Waals surface area contributed by atoms with Crippen molar-refractivity contribution in [3.8, 4) is 10.8 Å². The van der Waals surface area contributed by atoms with Crippen LogP contribution in [0.25, 0.3) is 21.7 Å². The summed E-state index contributed by atoms with van der Waals surface area (Å²) in [4.78, 5) is 30.8. The first-order valence-electron chi connectivity index (χ1n) is 8.14. The quantitative estimate of drug-likeness (QED) is 0.784. The first-order valence-corrected chi connectivity index (χ1v) is 9.02. The van der Waals surface area contributed by atoms with E-state index < -0.39 is 6.04 Å². The van der Waals surface area contributed by atoms with Gasteiger partial charge in [-0.15, -0.1) is 11.3 Å². The lowest BCUT2D eigenvalue weighted by atomic mass is 10.2. The molecule has 1 aliphatic rings. The number of rotatable bonds is 3. The van der Waals surface area contributed by atoms with Gasteiger partial charge in [0.2, 0.25) is 5.91 Å². The van der Waals surface area contributed by atoms with E-state index in [9.17, 15) is 9.59 Å². The lowest BCUT2D eigenvalue weighted by Crippen LogP contribution is -2.45. The first kappa shape index (κ1) is 15.8. The van der Waals surface area contributed by atoms with Gasteiger partial charge in [-0.05, 0) is 25.0 Å². The number of benzene rings is 1. The van der Waals surface area contributed by atoms with Crippen LogP contribution in [0, 0.1) is 0 Å². The van der Waals surface area contributed by atoms with Crippen LogP contribution in [0.4, 0.5) is 0 Å². The molecule has 2 amide bonds. The molecule has 0 radical (unpaired) electrons. The number of likely N-dealkylation sites (tertiary alicyclic amines) is 1. The standard InChI is InChI=1S/C18H17N3O3S/c1-19-16(22)13-6-4-8-21(13)18(23)12-10-25-17(20-12)15-9-11-5-2-3-7-14(11)24-15/h2-3,5,7,9-10,13H,4,6,8H2,1H3,(H,19,22)/t13-/m1/s1. The number of nitrogens with zero attached hydrogens (tertiary/aromatic N) is 2. The van der Waals surface area contributed by atoms with Crippen molar-refractivity contribution in [1.82, 2.24) is 15.2 Å². The maximum atomic E-state index is 12.8. The van der Waals surface area contributed by atoms with Crippen LogP contribution >= 0.6 is 11.3 Å². The molecule has 0 aliphatic carbocycles. The lowest BCUT2D eigenvalue weighted by molar-refractivity contribution is -0.124. The molecule has 7 heteroatoms. The fourth-order valence-electron chi connectivity index (χ4n) is 3.17. The molecule has 0 unspecified atom stereocenters. The third-order valence-electron chi connectivity index (χ3n) is 4.42. The Morgan fingerprint density at radius 2 is 2.20 bits per heavy atom. The summed E-state index contributed by atoms with van der Waals surface area (Å²) in [5, 5.41) is 6.01. The van der Waals surface area contributed by atoms with Gasteiger partial charge >= 0.3 is 0 Å². The zero-order valence-corrected chi connectivity index (χ0v) is 14.5.